The molecule has 5 rings (SSSR count). The van der Waals surface area contributed by atoms with Gasteiger partial charge in [0.1, 0.15) is 12.4 Å². The van der Waals surface area contributed by atoms with E-state index in [-0.39, 0.29) is 18.6 Å². The van der Waals surface area contributed by atoms with Gasteiger partial charge in [-0.2, -0.15) is 0 Å². The van der Waals surface area contributed by atoms with Gasteiger partial charge in [-0.05, 0) is 60.6 Å². The second-order valence-corrected chi connectivity index (χ2v) is 9.10. The maximum Gasteiger partial charge on any atom is 0.411 e. The van der Waals surface area contributed by atoms with Crippen LogP contribution in [-0.4, -0.2) is 23.0 Å². The van der Waals surface area contributed by atoms with E-state index in [1.165, 1.54) is 11.1 Å². The molecule has 0 saturated heterocycles. The number of ether oxygens (including phenoxy) is 2. The first-order valence-electron chi connectivity index (χ1n) is 12.3. The van der Waals surface area contributed by atoms with Crippen molar-refractivity contribution in [3.63, 3.8) is 0 Å². The summed E-state index contributed by atoms with van der Waals surface area (Å²) in [5.74, 6) is 0.696. The van der Waals surface area contributed by atoms with E-state index in [0.29, 0.717) is 24.4 Å². The number of aryl methyl sites for hydroxylation is 1. The van der Waals surface area contributed by atoms with Crippen LogP contribution in [0, 0.1) is 0 Å². The summed E-state index contributed by atoms with van der Waals surface area (Å²) in [5, 5.41) is 2.81. The Morgan fingerprint density at radius 2 is 1.86 bits per heavy atom. The molecule has 3 aromatic carbocycles. The van der Waals surface area contributed by atoms with Crippen LogP contribution >= 0.6 is 0 Å². The van der Waals surface area contributed by atoms with Gasteiger partial charge in [-0.1, -0.05) is 61.5 Å². The Balaban J connectivity index is 1.37. The molecule has 0 radical (unpaired) electrons. The highest BCUT2D eigenvalue weighted by atomic mass is 16.5. The first-order chi connectivity index (χ1) is 17.1. The zero-order valence-electron chi connectivity index (χ0n) is 19.9. The third-order valence-corrected chi connectivity index (χ3v) is 6.77. The molecular formula is C29H30N2O4. The molecule has 0 bridgehead atoms. The Morgan fingerprint density at radius 1 is 1.06 bits per heavy atom. The number of carbonyl (C=O) groups excluding carboxylic acids is 2. The normalized spacial score (nSPS) is 19.1. The summed E-state index contributed by atoms with van der Waals surface area (Å²) in [4.78, 5) is 27.9. The van der Waals surface area contributed by atoms with Crippen molar-refractivity contribution in [2.24, 2.45) is 0 Å². The third-order valence-electron chi connectivity index (χ3n) is 6.77. The number of rotatable bonds is 5. The van der Waals surface area contributed by atoms with Gasteiger partial charge in [0.25, 0.3) is 5.91 Å². The van der Waals surface area contributed by atoms with Gasteiger partial charge < -0.3 is 14.4 Å². The second-order valence-electron chi connectivity index (χ2n) is 9.10. The summed E-state index contributed by atoms with van der Waals surface area (Å²) in [6.07, 6.45) is 2.56. The Labute approximate surface area is 205 Å². The van der Waals surface area contributed by atoms with Crippen LogP contribution in [0.5, 0.6) is 5.75 Å². The standard InChI is InChI=1S/C29H30N2O4/c1-2-26-28(32)31(25-14-8-12-21-11-6-7-13-24(21)25)18-22-17-23(15-16-27(22)35-26)30-29(33)34-19-20-9-4-3-5-10-20/h3-7,9-11,13,15-17,25-26H,2,8,12,14,18-19H2,1H3,(H,30,33). The molecule has 2 aliphatic rings. The number of benzene rings is 3. The summed E-state index contributed by atoms with van der Waals surface area (Å²) >= 11 is 0. The largest absolute Gasteiger partial charge is 0.480 e. The topological polar surface area (TPSA) is 67.9 Å². The molecule has 2 unspecified atom stereocenters. The Morgan fingerprint density at radius 3 is 2.69 bits per heavy atom. The van der Waals surface area contributed by atoms with Crippen LogP contribution in [0.1, 0.15) is 54.5 Å². The van der Waals surface area contributed by atoms with Gasteiger partial charge in [-0.3, -0.25) is 10.1 Å². The average Bonchev–Trinajstić information content (AvgIpc) is 3.03. The summed E-state index contributed by atoms with van der Waals surface area (Å²) in [7, 11) is 0. The summed E-state index contributed by atoms with van der Waals surface area (Å²) in [6.45, 7) is 2.60. The van der Waals surface area contributed by atoms with Crippen molar-refractivity contribution in [3.8, 4) is 5.75 Å². The number of nitrogens with one attached hydrogen (secondary N) is 1. The van der Waals surface area contributed by atoms with Crippen molar-refractivity contribution in [3.05, 3.63) is 95.1 Å². The molecule has 1 N–H and O–H groups in total. The van der Waals surface area contributed by atoms with E-state index in [1.807, 2.05) is 60.4 Å². The molecule has 6 heteroatoms. The zero-order chi connectivity index (χ0) is 24.2. The number of nitrogens with zero attached hydrogens (tertiary/aromatic N) is 1. The van der Waals surface area contributed by atoms with Crippen LogP contribution in [0.25, 0.3) is 0 Å². The Kier molecular flexibility index (Phi) is 6.70. The SMILES string of the molecule is CCC1Oc2ccc(NC(=O)OCc3ccccc3)cc2CN(C2CCCc3ccccc32)C1=O. The smallest absolute Gasteiger partial charge is 0.411 e. The molecular weight excluding hydrogens is 440 g/mol. The lowest BCUT2D eigenvalue weighted by atomic mass is 9.86. The third kappa shape index (κ3) is 5.02. The number of hydrogen-bond acceptors (Lipinski definition) is 4. The number of carbonyl (C=O) groups is 2. The minimum atomic E-state index is -0.528. The molecule has 180 valence electrons. The van der Waals surface area contributed by atoms with Crippen LogP contribution in [0.4, 0.5) is 10.5 Å². The molecule has 2 amide bonds. The predicted molar refractivity (Wildman–Crippen MR) is 134 cm³/mol. The number of anilines is 1. The van der Waals surface area contributed by atoms with E-state index in [2.05, 4.69) is 23.5 Å². The molecule has 35 heavy (non-hydrogen) atoms. The van der Waals surface area contributed by atoms with Crippen LogP contribution in [0.3, 0.4) is 0 Å². The van der Waals surface area contributed by atoms with Crippen LogP contribution in [-0.2, 0) is 29.1 Å². The first-order valence-corrected chi connectivity index (χ1v) is 12.3. The molecule has 1 aliphatic carbocycles. The minimum absolute atomic E-state index is 0.0159. The van der Waals surface area contributed by atoms with Gasteiger partial charge in [0.2, 0.25) is 0 Å². The maximum absolute atomic E-state index is 13.5. The van der Waals surface area contributed by atoms with Crippen molar-refractivity contribution >= 4 is 17.7 Å². The molecule has 0 fully saturated rings. The van der Waals surface area contributed by atoms with Crippen molar-refractivity contribution in [1.82, 2.24) is 4.90 Å². The Hall–Kier alpha value is -3.80. The van der Waals surface area contributed by atoms with Crippen molar-refractivity contribution in [2.75, 3.05) is 5.32 Å². The maximum atomic E-state index is 13.5. The minimum Gasteiger partial charge on any atom is -0.480 e. The number of hydrogen-bond donors (Lipinski definition) is 1. The molecule has 1 aliphatic heterocycles. The lowest BCUT2D eigenvalue weighted by Gasteiger charge is -2.36. The van der Waals surface area contributed by atoms with Gasteiger partial charge in [0, 0.05) is 11.3 Å². The fourth-order valence-corrected chi connectivity index (χ4v) is 5.00. The van der Waals surface area contributed by atoms with Gasteiger partial charge in [-0.15, -0.1) is 0 Å². The lowest BCUT2D eigenvalue weighted by Crippen LogP contribution is -2.42. The fraction of sp³-hybridized carbons (Fsp3) is 0.310. The molecule has 0 spiro atoms. The van der Waals surface area contributed by atoms with Crippen LogP contribution in [0.15, 0.2) is 72.8 Å². The lowest BCUT2D eigenvalue weighted by molar-refractivity contribution is -0.141. The molecule has 0 saturated carbocycles. The average molecular weight is 471 g/mol. The quantitative estimate of drug-likeness (QED) is 0.496. The molecule has 0 aromatic heterocycles. The zero-order valence-corrected chi connectivity index (χ0v) is 19.9. The highest BCUT2D eigenvalue weighted by Crippen LogP contribution is 2.39. The van der Waals surface area contributed by atoms with Crippen LogP contribution in [0.2, 0.25) is 0 Å². The number of fused-ring (bicyclic) bond motifs is 2. The van der Waals surface area contributed by atoms with Gasteiger partial charge in [0.15, 0.2) is 6.10 Å². The van der Waals surface area contributed by atoms with Crippen molar-refractivity contribution in [2.45, 2.75) is 57.9 Å². The van der Waals surface area contributed by atoms with Gasteiger partial charge in [0.05, 0.1) is 12.6 Å². The highest BCUT2D eigenvalue weighted by molar-refractivity contribution is 5.85. The molecule has 1 heterocycles. The summed E-state index contributed by atoms with van der Waals surface area (Å²) in [5.41, 5.74) is 4.94. The number of amides is 2. The van der Waals surface area contributed by atoms with Gasteiger partial charge in [-0.25, -0.2) is 4.79 Å². The first kappa shape index (κ1) is 23.0. The van der Waals surface area contributed by atoms with E-state index in [9.17, 15) is 9.59 Å². The van der Waals surface area contributed by atoms with E-state index < -0.39 is 12.2 Å². The molecule has 6 nitrogen and oxygen atoms in total. The second kappa shape index (κ2) is 10.2. The molecule has 3 aromatic rings. The molecule has 2 atom stereocenters. The van der Waals surface area contributed by atoms with Gasteiger partial charge >= 0.3 is 6.09 Å². The summed E-state index contributed by atoms with van der Waals surface area (Å²) < 4.78 is 11.5. The van der Waals surface area contributed by atoms with E-state index in [1.54, 1.807) is 6.07 Å². The van der Waals surface area contributed by atoms with Crippen molar-refractivity contribution in [1.29, 1.82) is 0 Å². The monoisotopic (exact) mass is 470 g/mol. The van der Waals surface area contributed by atoms with E-state index >= 15 is 0 Å². The van der Waals surface area contributed by atoms with Crippen LogP contribution < -0.4 is 10.1 Å². The van der Waals surface area contributed by atoms with E-state index in [0.717, 1.165) is 30.4 Å². The fourth-order valence-electron chi connectivity index (χ4n) is 5.00. The Bertz CT molecular complexity index is 1210. The predicted octanol–water partition coefficient (Wildman–Crippen LogP) is 6.01. The highest BCUT2D eigenvalue weighted by Gasteiger charge is 2.36. The van der Waals surface area contributed by atoms with E-state index in [4.69, 9.17) is 9.47 Å². The summed E-state index contributed by atoms with van der Waals surface area (Å²) in [6, 6.07) is 23.5. The van der Waals surface area contributed by atoms with Crippen molar-refractivity contribution < 1.29 is 19.1 Å².